The lowest BCUT2D eigenvalue weighted by molar-refractivity contribution is -0.384. The summed E-state index contributed by atoms with van der Waals surface area (Å²) in [6.07, 6.45) is 0. The Labute approximate surface area is 202 Å². The molecule has 9 nitrogen and oxygen atoms in total. The van der Waals surface area contributed by atoms with Crippen molar-refractivity contribution in [3.63, 3.8) is 0 Å². The summed E-state index contributed by atoms with van der Waals surface area (Å²) in [5.74, 6) is -1.19. The molecule has 1 aliphatic rings. The standard InChI is InChI=1S/C26H25N5O4/c1-30(2)16-23(32)27-15-17-7-6-10-19(13-17)28-25(18-8-4-3-5-9-18)24-21-14-20(31(34)35)11-12-22(21)29-26(24)33/h3-14,24H,15-16H2,1-2H3,(H,27,32)(H,29,33). The minimum atomic E-state index is -0.809. The number of hydrogen-bond acceptors (Lipinski definition) is 6. The van der Waals surface area contributed by atoms with Gasteiger partial charge >= 0.3 is 0 Å². The van der Waals surface area contributed by atoms with E-state index in [0.717, 1.165) is 11.1 Å². The van der Waals surface area contributed by atoms with Gasteiger partial charge in [0.05, 0.1) is 22.9 Å². The molecule has 0 bridgehead atoms. The van der Waals surface area contributed by atoms with E-state index in [-0.39, 0.29) is 17.5 Å². The van der Waals surface area contributed by atoms with Crippen LogP contribution in [0.2, 0.25) is 0 Å². The van der Waals surface area contributed by atoms with Crippen LogP contribution in [0.3, 0.4) is 0 Å². The normalized spacial score (nSPS) is 15.0. The van der Waals surface area contributed by atoms with Gasteiger partial charge in [0.25, 0.3) is 5.69 Å². The Morgan fingerprint density at radius 2 is 1.86 bits per heavy atom. The van der Waals surface area contributed by atoms with E-state index in [0.29, 0.717) is 35.7 Å². The minimum Gasteiger partial charge on any atom is -0.351 e. The predicted octanol–water partition coefficient (Wildman–Crippen LogP) is 3.63. The van der Waals surface area contributed by atoms with Gasteiger partial charge in [0.1, 0.15) is 5.92 Å². The van der Waals surface area contributed by atoms with Crippen molar-refractivity contribution in [1.29, 1.82) is 0 Å². The fraction of sp³-hybridized carbons (Fsp3) is 0.192. The lowest BCUT2D eigenvalue weighted by Gasteiger charge is -2.14. The number of nitrogens with zero attached hydrogens (tertiary/aromatic N) is 3. The molecule has 35 heavy (non-hydrogen) atoms. The van der Waals surface area contributed by atoms with Gasteiger partial charge in [-0.3, -0.25) is 24.7 Å². The van der Waals surface area contributed by atoms with Crippen molar-refractivity contribution in [2.45, 2.75) is 12.5 Å². The van der Waals surface area contributed by atoms with Gasteiger partial charge in [-0.05, 0) is 43.4 Å². The zero-order chi connectivity index (χ0) is 24.9. The zero-order valence-corrected chi connectivity index (χ0v) is 19.4. The first-order valence-corrected chi connectivity index (χ1v) is 11.1. The highest BCUT2D eigenvalue weighted by atomic mass is 16.6. The number of nitrogens with one attached hydrogen (secondary N) is 2. The van der Waals surface area contributed by atoms with E-state index < -0.39 is 10.8 Å². The fourth-order valence-corrected chi connectivity index (χ4v) is 3.96. The number of fused-ring (bicyclic) bond motifs is 1. The number of hydrogen-bond donors (Lipinski definition) is 2. The number of benzene rings is 3. The molecule has 2 amide bonds. The molecule has 1 atom stereocenters. The number of amides is 2. The molecule has 2 N–H and O–H groups in total. The van der Waals surface area contributed by atoms with Crippen LogP contribution < -0.4 is 10.6 Å². The highest BCUT2D eigenvalue weighted by molar-refractivity contribution is 6.24. The number of carbonyl (C=O) groups is 2. The van der Waals surface area contributed by atoms with E-state index in [1.165, 1.54) is 12.1 Å². The molecular formula is C26H25N5O4. The quantitative estimate of drug-likeness (QED) is 0.296. The van der Waals surface area contributed by atoms with Crippen molar-refractivity contribution >= 4 is 34.6 Å². The summed E-state index contributed by atoms with van der Waals surface area (Å²) >= 11 is 0. The van der Waals surface area contributed by atoms with E-state index in [4.69, 9.17) is 4.99 Å². The molecule has 4 rings (SSSR count). The van der Waals surface area contributed by atoms with Gasteiger partial charge in [-0.15, -0.1) is 0 Å². The van der Waals surface area contributed by atoms with Crippen LogP contribution in [0, 0.1) is 10.1 Å². The van der Waals surface area contributed by atoms with Gasteiger partial charge in [-0.25, -0.2) is 0 Å². The van der Waals surface area contributed by atoms with Crippen molar-refractivity contribution in [3.8, 4) is 0 Å². The molecule has 0 saturated heterocycles. The molecule has 0 aliphatic carbocycles. The monoisotopic (exact) mass is 471 g/mol. The van der Waals surface area contributed by atoms with E-state index >= 15 is 0 Å². The lowest BCUT2D eigenvalue weighted by atomic mass is 9.90. The molecule has 0 fully saturated rings. The Hall–Kier alpha value is -4.37. The second-order valence-corrected chi connectivity index (χ2v) is 8.50. The van der Waals surface area contributed by atoms with Crippen LogP contribution in [0.4, 0.5) is 17.1 Å². The Kier molecular flexibility index (Phi) is 6.98. The van der Waals surface area contributed by atoms with Crippen LogP contribution in [0.25, 0.3) is 0 Å². The molecule has 178 valence electrons. The molecule has 0 spiro atoms. The topological polar surface area (TPSA) is 117 Å². The van der Waals surface area contributed by atoms with Gasteiger partial charge < -0.3 is 15.5 Å². The first-order chi connectivity index (χ1) is 16.8. The Bertz CT molecular complexity index is 1300. The highest BCUT2D eigenvalue weighted by Gasteiger charge is 2.36. The van der Waals surface area contributed by atoms with Crippen molar-refractivity contribution in [1.82, 2.24) is 10.2 Å². The number of aliphatic imine (C=N–C) groups is 1. The van der Waals surface area contributed by atoms with Crippen LogP contribution in [0.1, 0.15) is 22.6 Å². The molecule has 1 heterocycles. The number of carbonyl (C=O) groups excluding carboxylic acids is 2. The molecule has 0 saturated carbocycles. The maximum Gasteiger partial charge on any atom is 0.269 e. The lowest BCUT2D eigenvalue weighted by Crippen LogP contribution is -2.32. The molecule has 1 unspecified atom stereocenters. The third-order valence-corrected chi connectivity index (χ3v) is 5.53. The smallest absolute Gasteiger partial charge is 0.269 e. The molecule has 0 aromatic heterocycles. The predicted molar refractivity (Wildman–Crippen MR) is 134 cm³/mol. The summed E-state index contributed by atoms with van der Waals surface area (Å²) in [5, 5.41) is 17.1. The number of non-ortho nitro benzene ring substituents is 1. The number of nitro groups is 1. The number of anilines is 1. The second-order valence-electron chi connectivity index (χ2n) is 8.50. The fourth-order valence-electron chi connectivity index (χ4n) is 3.96. The van der Waals surface area contributed by atoms with Crippen LogP contribution in [0.5, 0.6) is 0 Å². The molecule has 1 aliphatic heterocycles. The van der Waals surface area contributed by atoms with Crippen LogP contribution in [-0.4, -0.2) is 48.0 Å². The third-order valence-electron chi connectivity index (χ3n) is 5.53. The first kappa shape index (κ1) is 23.8. The van der Waals surface area contributed by atoms with Crippen LogP contribution in [-0.2, 0) is 16.1 Å². The Balaban J connectivity index is 1.72. The SMILES string of the molecule is CN(C)CC(=O)NCc1cccc(N=C(c2ccccc2)C2C(=O)Nc3ccc([N+](=O)[O-])cc32)c1. The van der Waals surface area contributed by atoms with Gasteiger partial charge in [-0.1, -0.05) is 42.5 Å². The first-order valence-electron chi connectivity index (χ1n) is 11.1. The number of rotatable bonds is 8. The van der Waals surface area contributed by atoms with Crippen LogP contribution in [0.15, 0.2) is 77.8 Å². The maximum absolute atomic E-state index is 13.0. The maximum atomic E-state index is 13.0. The van der Waals surface area contributed by atoms with Gasteiger partial charge in [0.2, 0.25) is 11.8 Å². The minimum absolute atomic E-state index is 0.0882. The summed E-state index contributed by atoms with van der Waals surface area (Å²) in [4.78, 5) is 42.5. The van der Waals surface area contributed by atoms with E-state index in [1.807, 2.05) is 68.7 Å². The van der Waals surface area contributed by atoms with E-state index in [9.17, 15) is 19.7 Å². The van der Waals surface area contributed by atoms with Crippen LogP contribution >= 0.6 is 0 Å². The average molecular weight is 472 g/mol. The van der Waals surface area contributed by atoms with Crippen molar-refractivity contribution in [2.24, 2.45) is 4.99 Å². The summed E-state index contributed by atoms with van der Waals surface area (Å²) < 4.78 is 0. The van der Waals surface area contributed by atoms with Crippen molar-refractivity contribution in [3.05, 3.63) is 99.6 Å². The molecule has 9 heteroatoms. The molecule has 0 radical (unpaired) electrons. The van der Waals surface area contributed by atoms with Gasteiger partial charge in [0.15, 0.2) is 0 Å². The Morgan fingerprint density at radius 3 is 2.57 bits per heavy atom. The molecule has 3 aromatic carbocycles. The number of likely N-dealkylation sites (N-methyl/N-ethyl adjacent to an activating group) is 1. The largest absolute Gasteiger partial charge is 0.351 e. The molecule has 3 aromatic rings. The van der Waals surface area contributed by atoms with Crippen molar-refractivity contribution in [2.75, 3.05) is 26.0 Å². The summed E-state index contributed by atoms with van der Waals surface area (Å²) in [7, 11) is 3.65. The van der Waals surface area contributed by atoms with Crippen molar-refractivity contribution < 1.29 is 14.5 Å². The van der Waals surface area contributed by atoms with E-state index in [2.05, 4.69) is 10.6 Å². The van der Waals surface area contributed by atoms with Gasteiger partial charge in [-0.2, -0.15) is 0 Å². The van der Waals surface area contributed by atoms with E-state index in [1.54, 1.807) is 11.0 Å². The average Bonchev–Trinajstić information content (AvgIpc) is 3.16. The summed E-state index contributed by atoms with van der Waals surface area (Å²) in [6.45, 7) is 0.633. The summed E-state index contributed by atoms with van der Waals surface area (Å²) in [6, 6.07) is 21.0. The Morgan fingerprint density at radius 1 is 1.09 bits per heavy atom. The second kappa shape index (κ2) is 10.3. The molecular weight excluding hydrogens is 446 g/mol. The van der Waals surface area contributed by atoms with Gasteiger partial charge in [0, 0.05) is 29.9 Å². The third kappa shape index (κ3) is 5.59. The zero-order valence-electron chi connectivity index (χ0n) is 19.4. The summed E-state index contributed by atoms with van der Waals surface area (Å²) in [5.41, 5.74) is 3.64. The highest BCUT2D eigenvalue weighted by Crippen LogP contribution is 2.38. The number of nitro benzene ring substituents is 1.